The Hall–Kier alpha value is -6.85. The van der Waals surface area contributed by atoms with Gasteiger partial charge in [-0.05, 0) is 47.4 Å². The molecule has 0 saturated heterocycles. The predicted octanol–water partition coefficient (Wildman–Crippen LogP) is 11.5. The Bertz CT molecular complexity index is 3810. The van der Waals surface area contributed by atoms with E-state index in [0.717, 1.165) is 4.57 Å². The second kappa shape index (κ2) is 11.4. The summed E-state index contributed by atoms with van der Waals surface area (Å²) in [6, 6.07) is 4.01. The third-order valence-electron chi connectivity index (χ3n) is 8.16. The Morgan fingerprint density at radius 1 is 0.480 bits per heavy atom. The molecule has 0 aliphatic carbocycles. The number of para-hydroxylation sites is 2. The number of rotatable bonds is 5. The van der Waals surface area contributed by atoms with Crippen LogP contribution in [0.15, 0.2) is 174 Å². The molecule has 3 heterocycles. The van der Waals surface area contributed by atoms with E-state index < -0.39 is 159 Å². The van der Waals surface area contributed by atoms with Gasteiger partial charge in [0.25, 0.3) is 0 Å². The number of nitrogens with zero attached hydrogens (tertiary/aromatic N) is 4. The number of fused-ring (bicyclic) bond motifs is 6. The molecule has 0 saturated carbocycles. The fraction of sp³-hybridized carbons (Fsp3) is 0. The molecular weight excluding hydrogens is 613 g/mol. The number of aromatic nitrogens is 4. The van der Waals surface area contributed by atoms with Crippen molar-refractivity contribution in [1.29, 1.82) is 0 Å². The van der Waals surface area contributed by atoms with E-state index in [1.807, 2.05) is 0 Å². The molecule has 0 atom stereocenters. The highest BCUT2D eigenvalue weighted by atomic mass is 16.3. The first-order chi connectivity index (χ1) is 32.3. The van der Waals surface area contributed by atoms with Gasteiger partial charge in [-0.25, -0.2) is 15.0 Å². The zero-order chi connectivity index (χ0) is 48.7. The lowest BCUT2D eigenvalue weighted by atomic mass is 9.99. The van der Waals surface area contributed by atoms with Gasteiger partial charge in [0.1, 0.15) is 5.58 Å². The summed E-state index contributed by atoms with van der Waals surface area (Å²) in [7, 11) is 0. The number of hydrogen-bond donors (Lipinski definition) is 0. The molecule has 0 aliphatic heterocycles. The van der Waals surface area contributed by atoms with E-state index in [4.69, 9.17) is 19.5 Å². The van der Waals surface area contributed by atoms with Crippen molar-refractivity contribution in [2.75, 3.05) is 0 Å². The Morgan fingerprint density at radius 2 is 1.10 bits per heavy atom. The van der Waals surface area contributed by atoms with Crippen LogP contribution >= 0.6 is 0 Å². The highest BCUT2D eigenvalue weighted by molar-refractivity contribution is 6.16. The van der Waals surface area contributed by atoms with Crippen LogP contribution in [-0.4, -0.2) is 19.5 Å². The van der Waals surface area contributed by atoms with Crippen molar-refractivity contribution in [2.24, 2.45) is 0 Å². The lowest BCUT2D eigenvalue weighted by Gasteiger charge is -2.10. The average molecular weight is 659 g/mol. The Morgan fingerprint density at radius 3 is 1.84 bits per heavy atom. The fourth-order valence-electron chi connectivity index (χ4n) is 5.96. The maximum absolute atomic E-state index is 9.83. The summed E-state index contributed by atoms with van der Waals surface area (Å²) in [4.78, 5) is 14.0. The minimum absolute atomic E-state index is 0.150. The second-order valence-electron chi connectivity index (χ2n) is 11.1. The number of benzene rings is 7. The van der Waals surface area contributed by atoms with Crippen molar-refractivity contribution in [1.82, 2.24) is 19.5 Å². The number of hydrogen-bond acceptors (Lipinski definition) is 4. The quantitative estimate of drug-likeness (QED) is 0.185. The predicted molar refractivity (Wildman–Crippen MR) is 203 cm³/mol. The van der Waals surface area contributed by atoms with E-state index in [2.05, 4.69) is 15.0 Å². The third-order valence-corrected chi connectivity index (χ3v) is 8.16. The second-order valence-corrected chi connectivity index (χ2v) is 11.1. The van der Waals surface area contributed by atoms with Crippen LogP contribution in [0.2, 0.25) is 0 Å². The van der Waals surface area contributed by atoms with E-state index in [1.165, 1.54) is 0 Å². The maximum atomic E-state index is 9.83. The molecule has 0 N–H and O–H groups in total. The maximum Gasteiger partial charge on any atom is 0.164 e. The van der Waals surface area contributed by atoms with E-state index in [0.29, 0.717) is 11.1 Å². The molecule has 50 heavy (non-hydrogen) atoms. The molecule has 0 bridgehead atoms. The summed E-state index contributed by atoms with van der Waals surface area (Å²) >= 11 is 0. The van der Waals surface area contributed by atoms with E-state index in [1.54, 1.807) is 60.7 Å². The van der Waals surface area contributed by atoms with Gasteiger partial charge < -0.3 is 8.98 Å². The van der Waals surface area contributed by atoms with Crippen molar-refractivity contribution in [3.8, 4) is 51.0 Å². The lowest BCUT2D eigenvalue weighted by molar-refractivity contribution is 0.666. The van der Waals surface area contributed by atoms with E-state index >= 15 is 0 Å². The van der Waals surface area contributed by atoms with Crippen LogP contribution in [0.3, 0.4) is 0 Å². The smallest absolute Gasteiger partial charge is 0.164 e. The average Bonchev–Trinajstić information content (AvgIpc) is 3.91. The first-order valence-electron chi connectivity index (χ1n) is 24.2. The van der Waals surface area contributed by atoms with Crippen LogP contribution in [0.5, 0.6) is 0 Å². The zero-order valence-corrected chi connectivity index (χ0v) is 25.5. The van der Waals surface area contributed by atoms with Gasteiger partial charge in [0.2, 0.25) is 0 Å². The van der Waals surface area contributed by atoms with Crippen molar-refractivity contribution in [3.05, 3.63) is 169 Å². The van der Waals surface area contributed by atoms with E-state index in [9.17, 15) is 9.60 Å². The van der Waals surface area contributed by atoms with Gasteiger partial charge in [0.05, 0.1) is 41.4 Å². The van der Waals surface area contributed by atoms with Gasteiger partial charge in [-0.2, -0.15) is 0 Å². The molecule has 3 aromatic heterocycles. The van der Waals surface area contributed by atoms with Crippen LogP contribution in [0.1, 0.15) is 24.7 Å². The molecule has 0 spiro atoms. The van der Waals surface area contributed by atoms with Gasteiger partial charge in [0.15, 0.2) is 23.1 Å². The summed E-state index contributed by atoms with van der Waals surface area (Å²) in [5.41, 5.74) is -2.88. The molecule has 0 fully saturated rings. The van der Waals surface area contributed by atoms with Gasteiger partial charge in [-0.1, -0.05) is 133 Å². The van der Waals surface area contributed by atoms with Crippen LogP contribution in [0, 0.1) is 0 Å². The van der Waals surface area contributed by atoms with Crippen molar-refractivity contribution < 1.29 is 29.1 Å². The molecule has 7 aromatic carbocycles. The SMILES string of the molecule is [2H]c1c([2H])c([2H])c(-c2c([2H])c([2H])c([2H])c3oc4c(-n5c6c([2H])c([2H])c([2H])c([2H])c6c6c([2H])c(-c7nc(-c8ccccc8)nc(-c8ccccc8)n7)c([2H])c([2H])c65)c([2H])c([2H])c([2H])c4c23)c([2H])c1[2H]. The standard InChI is InChI=1S/C45H28N4O/c1-4-14-29(15-5-1)33-21-13-25-40-41(33)35-22-12-24-39(42(35)50-40)49-37-23-11-10-20-34(37)36-28-32(26-27-38(36)49)45-47-43(30-16-6-2-7-17-30)46-44(48-45)31-18-8-3-9-19-31/h1-28H/i1D,4D,5D,10D,11D,12D,13D,14D,15D,20D,21D,22D,23D,24D,25D,26D,27D,28D. The normalized spacial score (nSPS) is 16.6. The lowest BCUT2D eigenvalue weighted by Crippen LogP contribution is -2.00. The summed E-state index contributed by atoms with van der Waals surface area (Å²) < 4.78 is 169. The van der Waals surface area contributed by atoms with Crippen LogP contribution in [0.4, 0.5) is 0 Å². The van der Waals surface area contributed by atoms with E-state index in [-0.39, 0.29) is 33.8 Å². The molecule has 10 rings (SSSR count). The molecule has 234 valence electrons. The Labute approximate surface area is 313 Å². The molecule has 0 aliphatic rings. The largest absolute Gasteiger partial charge is 0.454 e. The highest BCUT2D eigenvalue weighted by Crippen LogP contribution is 2.41. The summed E-state index contributed by atoms with van der Waals surface area (Å²) in [6.45, 7) is 0. The number of furan rings is 1. The Kier molecular flexibility index (Phi) is 3.55. The highest BCUT2D eigenvalue weighted by Gasteiger charge is 2.20. The van der Waals surface area contributed by atoms with Crippen molar-refractivity contribution >= 4 is 43.7 Å². The molecule has 0 unspecified atom stereocenters. The summed E-state index contributed by atoms with van der Waals surface area (Å²) in [5, 5.41) is -1.51. The zero-order valence-electron chi connectivity index (χ0n) is 43.5. The first-order valence-corrected chi connectivity index (χ1v) is 15.2. The van der Waals surface area contributed by atoms with Gasteiger partial charge >= 0.3 is 0 Å². The first kappa shape index (κ1) is 15.6. The van der Waals surface area contributed by atoms with Crippen molar-refractivity contribution in [3.63, 3.8) is 0 Å². The molecule has 0 amide bonds. The Balaban J connectivity index is 1.40. The van der Waals surface area contributed by atoms with Crippen molar-refractivity contribution in [2.45, 2.75) is 0 Å². The monoisotopic (exact) mass is 658 g/mol. The fourth-order valence-corrected chi connectivity index (χ4v) is 5.96. The topological polar surface area (TPSA) is 56.7 Å². The molecular formula is C45H28N4O. The van der Waals surface area contributed by atoms with Gasteiger partial charge in [0, 0.05) is 38.2 Å². The van der Waals surface area contributed by atoms with Crippen LogP contribution in [-0.2, 0) is 0 Å². The van der Waals surface area contributed by atoms with Gasteiger partial charge in [-0.15, -0.1) is 0 Å². The molecule has 0 radical (unpaired) electrons. The third kappa shape index (κ3) is 4.52. The van der Waals surface area contributed by atoms with Crippen LogP contribution < -0.4 is 0 Å². The minimum Gasteiger partial charge on any atom is -0.454 e. The summed E-state index contributed by atoms with van der Waals surface area (Å²) in [6.07, 6.45) is 0. The molecule has 10 aromatic rings. The minimum atomic E-state index is -0.849. The van der Waals surface area contributed by atoms with Crippen LogP contribution in [0.25, 0.3) is 94.7 Å². The molecule has 5 nitrogen and oxygen atoms in total. The van der Waals surface area contributed by atoms with Gasteiger partial charge in [-0.3, -0.25) is 0 Å². The molecule has 5 heteroatoms. The summed E-state index contributed by atoms with van der Waals surface area (Å²) in [5.74, 6) is 0.0766.